The first-order valence-corrected chi connectivity index (χ1v) is 8.51. The molecular weight excluding hydrogens is 394 g/mol. The SMILES string of the molecule is CCc1c(SCl)c(C#N)nn1-c1c(Cl)cc(C(F)(F)F)cc1Cl. The van der Waals surface area contributed by atoms with Gasteiger partial charge >= 0.3 is 6.18 Å². The van der Waals surface area contributed by atoms with Crippen molar-refractivity contribution >= 4 is 44.9 Å². The third kappa shape index (κ3) is 3.41. The van der Waals surface area contributed by atoms with E-state index in [1.165, 1.54) is 4.68 Å². The summed E-state index contributed by atoms with van der Waals surface area (Å²) in [5.74, 6) is 0. The highest BCUT2D eigenvalue weighted by atomic mass is 35.7. The molecule has 0 atom stereocenters. The second-order valence-electron chi connectivity index (χ2n) is 4.36. The van der Waals surface area contributed by atoms with Gasteiger partial charge in [-0.15, -0.1) is 0 Å². The van der Waals surface area contributed by atoms with Gasteiger partial charge in [0.15, 0.2) is 5.69 Å². The third-order valence-corrected chi connectivity index (χ3v) is 4.63. The molecular formula is C13H7Cl3F3N3S. The number of halogens is 6. The number of benzene rings is 1. The van der Waals surface area contributed by atoms with E-state index in [1.807, 2.05) is 6.07 Å². The summed E-state index contributed by atoms with van der Waals surface area (Å²) in [7, 11) is 6.56. The van der Waals surface area contributed by atoms with Crippen LogP contribution in [0.1, 0.15) is 23.9 Å². The Labute approximate surface area is 148 Å². The molecule has 122 valence electrons. The molecule has 3 nitrogen and oxygen atoms in total. The molecule has 0 fully saturated rings. The Bertz CT molecular complexity index is 773. The van der Waals surface area contributed by atoms with Gasteiger partial charge in [0.05, 0.1) is 26.2 Å². The maximum absolute atomic E-state index is 12.8. The summed E-state index contributed by atoms with van der Waals surface area (Å²) in [6.45, 7) is 1.79. The zero-order valence-electron chi connectivity index (χ0n) is 11.4. The lowest BCUT2D eigenvalue weighted by atomic mass is 10.2. The van der Waals surface area contributed by atoms with E-state index < -0.39 is 11.7 Å². The molecule has 1 aromatic carbocycles. The Morgan fingerprint density at radius 1 is 1.30 bits per heavy atom. The lowest BCUT2D eigenvalue weighted by molar-refractivity contribution is -0.137. The second-order valence-corrected chi connectivity index (χ2v) is 6.20. The average Bonchev–Trinajstić information content (AvgIpc) is 2.82. The van der Waals surface area contributed by atoms with E-state index in [-0.39, 0.29) is 21.4 Å². The van der Waals surface area contributed by atoms with Crippen molar-refractivity contribution in [3.8, 4) is 11.8 Å². The Balaban J connectivity index is 2.74. The van der Waals surface area contributed by atoms with Crippen LogP contribution in [0.15, 0.2) is 17.0 Å². The summed E-state index contributed by atoms with van der Waals surface area (Å²) in [6.07, 6.45) is -4.14. The summed E-state index contributed by atoms with van der Waals surface area (Å²) in [5, 5.41) is 12.7. The molecule has 1 heterocycles. The van der Waals surface area contributed by atoms with Crippen LogP contribution in [0.2, 0.25) is 10.0 Å². The van der Waals surface area contributed by atoms with Crippen LogP contribution in [0, 0.1) is 11.3 Å². The molecule has 0 saturated heterocycles. The minimum Gasteiger partial charge on any atom is -0.232 e. The molecule has 2 aromatic rings. The molecule has 2 rings (SSSR count). The lowest BCUT2D eigenvalue weighted by Gasteiger charge is -2.14. The van der Waals surface area contributed by atoms with Crippen LogP contribution >= 0.6 is 44.9 Å². The number of hydrogen-bond donors (Lipinski definition) is 0. The van der Waals surface area contributed by atoms with Crippen molar-refractivity contribution in [2.45, 2.75) is 24.4 Å². The quantitative estimate of drug-likeness (QED) is 0.646. The summed E-state index contributed by atoms with van der Waals surface area (Å²) >= 11 is 12.0. The minimum atomic E-state index is -4.57. The van der Waals surface area contributed by atoms with Gasteiger partial charge in [-0.3, -0.25) is 0 Å². The van der Waals surface area contributed by atoms with Crippen molar-refractivity contribution in [2.75, 3.05) is 0 Å². The van der Waals surface area contributed by atoms with Crippen LogP contribution in [0.5, 0.6) is 0 Å². The second kappa shape index (κ2) is 6.81. The fraction of sp³-hybridized carbons (Fsp3) is 0.231. The number of aromatic nitrogens is 2. The Morgan fingerprint density at radius 3 is 2.26 bits per heavy atom. The van der Waals surface area contributed by atoms with Gasteiger partial charge in [0.25, 0.3) is 0 Å². The predicted molar refractivity (Wildman–Crippen MR) is 84.4 cm³/mol. The highest BCUT2D eigenvalue weighted by Crippen LogP contribution is 2.39. The van der Waals surface area contributed by atoms with Gasteiger partial charge in [0.1, 0.15) is 11.8 Å². The first-order chi connectivity index (χ1) is 10.7. The van der Waals surface area contributed by atoms with Crippen molar-refractivity contribution in [1.82, 2.24) is 9.78 Å². The number of rotatable bonds is 3. The van der Waals surface area contributed by atoms with Crippen LogP contribution in [-0.2, 0) is 12.6 Å². The maximum atomic E-state index is 12.8. The molecule has 10 heteroatoms. The number of nitriles is 1. The summed E-state index contributed by atoms with van der Waals surface area (Å²) < 4.78 is 39.7. The van der Waals surface area contributed by atoms with Gasteiger partial charge in [-0.2, -0.15) is 23.5 Å². The summed E-state index contributed by atoms with van der Waals surface area (Å²) in [5.41, 5.74) is -0.306. The van der Waals surface area contributed by atoms with E-state index in [4.69, 9.17) is 39.1 Å². The Kier molecular flexibility index (Phi) is 5.41. The summed E-state index contributed by atoms with van der Waals surface area (Å²) in [6, 6.07) is 3.42. The van der Waals surface area contributed by atoms with E-state index in [0.717, 1.165) is 23.1 Å². The van der Waals surface area contributed by atoms with Gasteiger partial charge in [0.2, 0.25) is 0 Å². The zero-order chi connectivity index (χ0) is 17.4. The first kappa shape index (κ1) is 18.3. The number of hydrogen-bond acceptors (Lipinski definition) is 3. The van der Waals surface area contributed by atoms with Gasteiger partial charge in [-0.1, -0.05) is 30.1 Å². The van der Waals surface area contributed by atoms with Crippen molar-refractivity contribution in [2.24, 2.45) is 0 Å². The molecule has 1 aromatic heterocycles. The maximum Gasteiger partial charge on any atom is 0.416 e. The fourth-order valence-electron chi connectivity index (χ4n) is 2.02. The average molecular weight is 401 g/mol. The van der Waals surface area contributed by atoms with Crippen molar-refractivity contribution in [3.63, 3.8) is 0 Å². The topological polar surface area (TPSA) is 41.6 Å². The van der Waals surface area contributed by atoms with E-state index >= 15 is 0 Å². The fourth-order valence-corrected chi connectivity index (χ4v) is 3.63. The van der Waals surface area contributed by atoms with Crippen LogP contribution in [-0.4, -0.2) is 9.78 Å². The number of alkyl halides is 3. The van der Waals surface area contributed by atoms with E-state index in [0.29, 0.717) is 17.0 Å². The van der Waals surface area contributed by atoms with Crippen LogP contribution in [0.4, 0.5) is 13.2 Å². The highest BCUT2D eigenvalue weighted by Gasteiger charge is 2.32. The molecule has 0 bridgehead atoms. The third-order valence-electron chi connectivity index (χ3n) is 3.01. The molecule has 0 aliphatic carbocycles. The van der Waals surface area contributed by atoms with Crippen LogP contribution in [0.3, 0.4) is 0 Å². The first-order valence-electron chi connectivity index (χ1n) is 6.11. The van der Waals surface area contributed by atoms with Gasteiger partial charge in [-0.25, -0.2) is 4.68 Å². The summed E-state index contributed by atoms with van der Waals surface area (Å²) in [4.78, 5) is 0.420. The van der Waals surface area contributed by atoms with Crippen molar-refractivity contribution < 1.29 is 13.2 Å². The Morgan fingerprint density at radius 2 is 1.87 bits per heavy atom. The molecule has 0 aliphatic rings. The van der Waals surface area contributed by atoms with Gasteiger partial charge in [0, 0.05) is 0 Å². The van der Waals surface area contributed by atoms with Gasteiger partial charge < -0.3 is 0 Å². The largest absolute Gasteiger partial charge is 0.416 e. The van der Waals surface area contributed by atoms with Crippen molar-refractivity contribution in [1.29, 1.82) is 5.26 Å². The van der Waals surface area contributed by atoms with Gasteiger partial charge in [-0.05, 0) is 40.2 Å². The van der Waals surface area contributed by atoms with Crippen LogP contribution in [0.25, 0.3) is 5.69 Å². The van der Waals surface area contributed by atoms with Crippen LogP contribution < -0.4 is 0 Å². The normalized spacial score (nSPS) is 11.6. The highest BCUT2D eigenvalue weighted by molar-refractivity contribution is 8.21. The molecule has 0 unspecified atom stereocenters. The van der Waals surface area contributed by atoms with Crippen molar-refractivity contribution in [3.05, 3.63) is 39.1 Å². The lowest BCUT2D eigenvalue weighted by Crippen LogP contribution is -2.08. The molecule has 0 N–H and O–H groups in total. The smallest absolute Gasteiger partial charge is 0.232 e. The minimum absolute atomic E-state index is 0.0499. The molecule has 23 heavy (non-hydrogen) atoms. The predicted octanol–water partition coefficient (Wildman–Crippen LogP) is 5.88. The molecule has 0 saturated carbocycles. The standard InChI is InChI=1S/C13H7Cl3F3N3S/c1-2-10-12(23-16)9(5-20)21-22(10)11-7(14)3-6(4-8(11)15)13(17,18)19/h3-4H,2H2,1H3. The number of nitrogens with zero attached hydrogens (tertiary/aromatic N) is 3. The monoisotopic (exact) mass is 399 g/mol. The van der Waals surface area contributed by atoms with E-state index in [9.17, 15) is 13.2 Å². The van der Waals surface area contributed by atoms with E-state index in [1.54, 1.807) is 6.92 Å². The molecule has 0 spiro atoms. The Hall–Kier alpha value is -1.07. The zero-order valence-corrected chi connectivity index (χ0v) is 14.5. The van der Waals surface area contributed by atoms with E-state index in [2.05, 4.69) is 5.10 Å². The molecule has 0 radical (unpaired) electrons. The molecule has 0 amide bonds. The molecule has 0 aliphatic heterocycles.